The Hall–Kier alpha value is -1.48. The minimum atomic E-state index is -2.91. The van der Waals surface area contributed by atoms with E-state index in [1.165, 1.54) is 0 Å². The van der Waals surface area contributed by atoms with Crippen LogP contribution in [0.2, 0.25) is 0 Å². The van der Waals surface area contributed by atoms with E-state index in [1.807, 2.05) is 9.80 Å². The van der Waals surface area contributed by atoms with Crippen molar-refractivity contribution in [1.29, 1.82) is 0 Å². The van der Waals surface area contributed by atoms with Crippen LogP contribution < -0.4 is 0 Å². The number of carboxylic acids is 1. The number of hydrogen-bond donors (Lipinski definition) is 1. The molecule has 2 saturated heterocycles. The van der Waals surface area contributed by atoms with Crippen molar-refractivity contribution in [3.63, 3.8) is 0 Å². The van der Waals surface area contributed by atoms with E-state index < -0.39 is 36.2 Å². The van der Waals surface area contributed by atoms with E-state index in [1.54, 1.807) is 20.8 Å². The first kappa shape index (κ1) is 19.8. The second-order valence-electron chi connectivity index (χ2n) is 7.79. The SMILES string of the molecule is CC(C)(C)OC(=O)N1CC(F)(F)CC1CN1CCN(CC(=O)O)CC1. The number of halogens is 2. The summed E-state index contributed by atoms with van der Waals surface area (Å²) in [4.78, 5) is 27.9. The molecule has 0 aromatic heterocycles. The van der Waals surface area contributed by atoms with Gasteiger partial charge in [0.1, 0.15) is 5.60 Å². The fourth-order valence-electron chi connectivity index (χ4n) is 3.21. The van der Waals surface area contributed by atoms with Crippen molar-refractivity contribution in [3.05, 3.63) is 0 Å². The molecule has 2 aliphatic rings. The van der Waals surface area contributed by atoms with Crippen LogP contribution in [-0.2, 0) is 9.53 Å². The molecule has 1 amide bonds. The fourth-order valence-corrected chi connectivity index (χ4v) is 3.21. The van der Waals surface area contributed by atoms with Gasteiger partial charge in [0, 0.05) is 39.1 Å². The molecule has 144 valence electrons. The van der Waals surface area contributed by atoms with E-state index in [-0.39, 0.29) is 13.0 Å². The number of hydrogen-bond acceptors (Lipinski definition) is 5. The molecule has 0 spiro atoms. The van der Waals surface area contributed by atoms with Crippen LogP contribution in [0.25, 0.3) is 0 Å². The molecular weight excluding hydrogens is 336 g/mol. The maximum Gasteiger partial charge on any atom is 0.410 e. The summed E-state index contributed by atoms with van der Waals surface area (Å²) in [5.41, 5.74) is -0.734. The molecule has 1 unspecified atom stereocenters. The summed E-state index contributed by atoms with van der Waals surface area (Å²) in [6, 6.07) is -0.601. The van der Waals surface area contributed by atoms with Crippen molar-refractivity contribution in [1.82, 2.24) is 14.7 Å². The Kier molecular flexibility index (Phi) is 5.88. The van der Waals surface area contributed by atoms with Crippen molar-refractivity contribution in [2.45, 2.75) is 44.8 Å². The van der Waals surface area contributed by atoms with Crippen molar-refractivity contribution < 1.29 is 28.2 Å². The predicted molar refractivity (Wildman–Crippen MR) is 86.8 cm³/mol. The second kappa shape index (κ2) is 7.41. The van der Waals surface area contributed by atoms with E-state index in [2.05, 4.69) is 0 Å². The molecule has 2 fully saturated rings. The zero-order valence-corrected chi connectivity index (χ0v) is 15.0. The van der Waals surface area contributed by atoms with Crippen LogP contribution in [0.5, 0.6) is 0 Å². The van der Waals surface area contributed by atoms with Gasteiger partial charge in [0.2, 0.25) is 0 Å². The molecular formula is C16H27F2N3O4. The molecule has 9 heteroatoms. The Morgan fingerprint density at radius 2 is 1.72 bits per heavy atom. The molecule has 0 aromatic carbocycles. The van der Waals surface area contributed by atoms with Gasteiger partial charge in [-0.25, -0.2) is 13.6 Å². The monoisotopic (exact) mass is 363 g/mol. The van der Waals surface area contributed by atoms with Crippen molar-refractivity contribution in [3.8, 4) is 0 Å². The van der Waals surface area contributed by atoms with E-state index in [0.717, 1.165) is 4.90 Å². The number of rotatable bonds is 4. The van der Waals surface area contributed by atoms with Crippen LogP contribution in [-0.4, -0.2) is 95.2 Å². The van der Waals surface area contributed by atoms with Gasteiger partial charge in [-0.15, -0.1) is 0 Å². The highest BCUT2D eigenvalue weighted by Crippen LogP contribution is 2.33. The Bertz CT molecular complexity index is 502. The topological polar surface area (TPSA) is 73.3 Å². The lowest BCUT2D eigenvalue weighted by Gasteiger charge is -2.36. The maximum absolute atomic E-state index is 13.9. The molecule has 7 nitrogen and oxygen atoms in total. The van der Waals surface area contributed by atoms with Gasteiger partial charge >= 0.3 is 12.1 Å². The average molecular weight is 363 g/mol. The van der Waals surface area contributed by atoms with E-state index >= 15 is 0 Å². The standard InChI is InChI=1S/C16H27F2N3O4/c1-15(2,3)25-14(24)21-11-16(17,18)8-12(21)9-19-4-6-20(7-5-19)10-13(22)23/h12H,4-11H2,1-3H3,(H,22,23). The smallest absolute Gasteiger partial charge is 0.410 e. The van der Waals surface area contributed by atoms with Crippen LogP contribution in [0.1, 0.15) is 27.2 Å². The van der Waals surface area contributed by atoms with Gasteiger partial charge in [0.25, 0.3) is 5.92 Å². The lowest BCUT2D eigenvalue weighted by Crippen LogP contribution is -2.52. The molecule has 0 radical (unpaired) electrons. The number of carbonyl (C=O) groups is 2. The number of amides is 1. The summed E-state index contributed by atoms with van der Waals surface area (Å²) < 4.78 is 33.0. The Balaban J connectivity index is 1.92. The molecule has 0 aromatic rings. The highest BCUT2D eigenvalue weighted by atomic mass is 19.3. The van der Waals surface area contributed by atoms with Crippen molar-refractivity contribution in [2.24, 2.45) is 0 Å². The number of carbonyl (C=O) groups excluding carboxylic acids is 1. The lowest BCUT2D eigenvalue weighted by molar-refractivity contribution is -0.138. The molecule has 1 N–H and O–H groups in total. The predicted octanol–water partition coefficient (Wildman–Crippen LogP) is 1.33. The maximum atomic E-state index is 13.9. The first-order valence-corrected chi connectivity index (χ1v) is 8.49. The summed E-state index contributed by atoms with van der Waals surface area (Å²) >= 11 is 0. The fraction of sp³-hybridized carbons (Fsp3) is 0.875. The summed E-state index contributed by atoms with van der Waals surface area (Å²) in [5, 5.41) is 8.81. The van der Waals surface area contributed by atoms with Crippen molar-refractivity contribution >= 4 is 12.1 Å². The average Bonchev–Trinajstić information content (AvgIpc) is 2.73. The molecule has 2 heterocycles. The molecule has 2 rings (SSSR count). The van der Waals surface area contributed by atoms with Crippen LogP contribution in [0.4, 0.5) is 13.6 Å². The molecule has 0 bridgehead atoms. The number of aliphatic carboxylic acids is 1. The summed E-state index contributed by atoms with van der Waals surface area (Å²) in [7, 11) is 0. The molecule has 1 atom stereocenters. The zero-order valence-electron chi connectivity index (χ0n) is 15.0. The third kappa shape index (κ3) is 6.07. The molecule has 0 saturated carbocycles. The third-order valence-corrected chi connectivity index (χ3v) is 4.30. The minimum absolute atomic E-state index is 0.0145. The summed E-state index contributed by atoms with van der Waals surface area (Å²) in [6.45, 7) is 7.15. The van der Waals surface area contributed by atoms with Gasteiger partial charge in [-0.2, -0.15) is 0 Å². The number of piperazine rings is 1. The van der Waals surface area contributed by atoms with Crippen LogP contribution in [0, 0.1) is 0 Å². The highest BCUT2D eigenvalue weighted by molar-refractivity contribution is 5.69. The Morgan fingerprint density at radius 1 is 1.16 bits per heavy atom. The van der Waals surface area contributed by atoms with E-state index in [0.29, 0.717) is 32.7 Å². The number of alkyl halides is 2. The Morgan fingerprint density at radius 3 is 2.24 bits per heavy atom. The largest absolute Gasteiger partial charge is 0.480 e. The quantitative estimate of drug-likeness (QED) is 0.813. The van der Waals surface area contributed by atoms with Crippen LogP contribution >= 0.6 is 0 Å². The second-order valence-corrected chi connectivity index (χ2v) is 7.79. The number of carboxylic acid groups (broad SMARTS) is 1. The van der Waals surface area contributed by atoms with Gasteiger partial charge in [0.15, 0.2) is 0 Å². The number of ether oxygens (including phenoxy) is 1. The van der Waals surface area contributed by atoms with Gasteiger partial charge in [-0.1, -0.05) is 0 Å². The van der Waals surface area contributed by atoms with Crippen LogP contribution in [0.3, 0.4) is 0 Å². The van der Waals surface area contributed by atoms with Gasteiger partial charge in [0.05, 0.1) is 19.1 Å². The van der Waals surface area contributed by atoms with Crippen LogP contribution in [0.15, 0.2) is 0 Å². The zero-order chi connectivity index (χ0) is 18.8. The first-order chi connectivity index (χ1) is 11.5. The highest BCUT2D eigenvalue weighted by Gasteiger charge is 2.48. The van der Waals surface area contributed by atoms with E-state index in [4.69, 9.17) is 9.84 Å². The van der Waals surface area contributed by atoms with Gasteiger partial charge in [-0.05, 0) is 20.8 Å². The van der Waals surface area contributed by atoms with Gasteiger partial charge < -0.3 is 9.84 Å². The Labute approximate surface area is 146 Å². The third-order valence-electron chi connectivity index (χ3n) is 4.30. The molecule has 0 aliphatic carbocycles. The minimum Gasteiger partial charge on any atom is -0.480 e. The lowest BCUT2D eigenvalue weighted by atomic mass is 10.1. The molecule has 2 aliphatic heterocycles. The molecule has 25 heavy (non-hydrogen) atoms. The number of nitrogens with zero attached hydrogens (tertiary/aromatic N) is 3. The normalized spacial score (nSPS) is 25.2. The summed E-state index contributed by atoms with van der Waals surface area (Å²) in [5.74, 6) is -3.79. The number of likely N-dealkylation sites (tertiary alicyclic amines) is 1. The van der Waals surface area contributed by atoms with E-state index in [9.17, 15) is 18.4 Å². The van der Waals surface area contributed by atoms with Crippen molar-refractivity contribution in [2.75, 3.05) is 45.8 Å². The summed E-state index contributed by atoms with van der Waals surface area (Å²) in [6.07, 6.45) is -1.08. The van der Waals surface area contributed by atoms with Gasteiger partial charge in [-0.3, -0.25) is 19.5 Å². The first-order valence-electron chi connectivity index (χ1n) is 8.49.